The highest BCUT2D eigenvalue weighted by atomic mass is 16.6. The predicted molar refractivity (Wildman–Crippen MR) is 97.7 cm³/mol. The monoisotopic (exact) mass is 355 g/mol. The van der Waals surface area contributed by atoms with Crippen LogP contribution in [0.4, 0.5) is 5.69 Å². The second kappa shape index (κ2) is 7.35. The molecular formula is C19H21N3O4. The van der Waals surface area contributed by atoms with Gasteiger partial charge < -0.3 is 0 Å². The summed E-state index contributed by atoms with van der Waals surface area (Å²) in [6.07, 6.45) is 0. The largest absolute Gasteiger partial charge is 0.285 e. The summed E-state index contributed by atoms with van der Waals surface area (Å²) in [4.78, 5) is 36.4. The van der Waals surface area contributed by atoms with Gasteiger partial charge in [-0.2, -0.15) is 0 Å². The summed E-state index contributed by atoms with van der Waals surface area (Å²) in [5.74, 6) is -1.11. The van der Waals surface area contributed by atoms with Crippen molar-refractivity contribution in [2.45, 2.75) is 33.2 Å². The molecule has 136 valence electrons. The molecule has 7 nitrogen and oxygen atoms in total. The van der Waals surface area contributed by atoms with Crippen LogP contribution in [-0.2, 0) is 0 Å². The lowest BCUT2D eigenvalue weighted by Crippen LogP contribution is -2.56. The van der Waals surface area contributed by atoms with Gasteiger partial charge in [0.2, 0.25) is 0 Å². The van der Waals surface area contributed by atoms with Crippen molar-refractivity contribution in [3.8, 4) is 0 Å². The van der Waals surface area contributed by atoms with E-state index >= 15 is 0 Å². The number of hydrazine groups is 1. The molecule has 0 aromatic heterocycles. The van der Waals surface area contributed by atoms with Gasteiger partial charge in [0.25, 0.3) is 17.5 Å². The fraction of sp³-hybridized carbons (Fsp3) is 0.263. The Bertz CT molecular complexity index is 842. The van der Waals surface area contributed by atoms with Crippen LogP contribution in [0.2, 0.25) is 0 Å². The number of nitrogens with zero attached hydrogens (tertiary/aromatic N) is 2. The molecule has 7 heteroatoms. The number of nitro benzene ring substituents is 1. The summed E-state index contributed by atoms with van der Waals surface area (Å²) in [5.41, 5.74) is 2.21. The first-order valence-corrected chi connectivity index (χ1v) is 8.07. The molecule has 1 N–H and O–H groups in total. The van der Waals surface area contributed by atoms with E-state index in [0.717, 1.165) is 5.01 Å². The third kappa shape index (κ3) is 4.05. The van der Waals surface area contributed by atoms with Crippen LogP contribution in [0.25, 0.3) is 0 Å². The molecule has 0 saturated carbocycles. The third-order valence-electron chi connectivity index (χ3n) is 3.77. The zero-order chi connectivity index (χ0) is 19.5. The number of hydrogen-bond acceptors (Lipinski definition) is 4. The number of rotatable bonds is 3. The lowest BCUT2D eigenvalue weighted by atomic mass is 10.0. The van der Waals surface area contributed by atoms with Gasteiger partial charge in [0, 0.05) is 11.1 Å². The molecule has 0 aliphatic rings. The van der Waals surface area contributed by atoms with Crippen LogP contribution < -0.4 is 5.43 Å². The van der Waals surface area contributed by atoms with Gasteiger partial charge >= 0.3 is 0 Å². The average molecular weight is 355 g/mol. The number of amides is 2. The first kappa shape index (κ1) is 19.1. The van der Waals surface area contributed by atoms with Crippen molar-refractivity contribution < 1.29 is 14.5 Å². The molecule has 0 aliphatic heterocycles. The van der Waals surface area contributed by atoms with E-state index in [4.69, 9.17) is 0 Å². The van der Waals surface area contributed by atoms with Gasteiger partial charge in [-0.1, -0.05) is 30.3 Å². The molecule has 0 heterocycles. The molecule has 2 amide bonds. The summed E-state index contributed by atoms with van der Waals surface area (Å²) in [6.45, 7) is 6.77. The summed E-state index contributed by atoms with van der Waals surface area (Å²) in [7, 11) is 0. The maximum atomic E-state index is 13.0. The molecule has 0 unspecified atom stereocenters. The Hall–Kier alpha value is -3.22. The van der Waals surface area contributed by atoms with E-state index in [1.807, 2.05) is 0 Å². The van der Waals surface area contributed by atoms with Crippen molar-refractivity contribution in [3.05, 3.63) is 75.3 Å². The maximum Gasteiger partial charge on any atom is 0.285 e. The van der Waals surface area contributed by atoms with Gasteiger partial charge in [-0.05, 0) is 45.9 Å². The normalized spacial score (nSPS) is 10.9. The van der Waals surface area contributed by atoms with Crippen LogP contribution in [0.5, 0.6) is 0 Å². The molecule has 0 fully saturated rings. The first-order chi connectivity index (χ1) is 12.1. The summed E-state index contributed by atoms with van der Waals surface area (Å²) in [5, 5.41) is 12.5. The summed E-state index contributed by atoms with van der Waals surface area (Å²) >= 11 is 0. The minimum atomic E-state index is -0.793. The minimum absolute atomic E-state index is 0.0710. The Labute approximate surface area is 151 Å². The minimum Gasteiger partial charge on any atom is -0.267 e. The fourth-order valence-corrected chi connectivity index (χ4v) is 2.47. The summed E-state index contributed by atoms with van der Waals surface area (Å²) < 4.78 is 0. The van der Waals surface area contributed by atoms with Gasteiger partial charge in [0.15, 0.2) is 0 Å². The molecule has 2 aromatic rings. The zero-order valence-electron chi connectivity index (χ0n) is 15.1. The highest BCUT2D eigenvalue weighted by molar-refractivity contribution is 6.01. The van der Waals surface area contributed by atoms with E-state index in [2.05, 4.69) is 5.43 Å². The van der Waals surface area contributed by atoms with E-state index in [1.54, 1.807) is 70.2 Å². The lowest BCUT2D eigenvalue weighted by molar-refractivity contribution is -0.385. The van der Waals surface area contributed by atoms with Crippen molar-refractivity contribution in [3.63, 3.8) is 0 Å². The number of nitro groups is 1. The molecule has 26 heavy (non-hydrogen) atoms. The topological polar surface area (TPSA) is 92.6 Å². The van der Waals surface area contributed by atoms with Gasteiger partial charge in [-0.25, -0.2) is 5.01 Å². The Morgan fingerprint density at radius 2 is 1.65 bits per heavy atom. The number of para-hydroxylation sites is 1. The van der Waals surface area contributed by atoms with Crippen LogP contribution in [0.1, 0.15) is 47.1 Å². The zero-order valence-corrected chi connectivity index (χ0v) is 15.1. The molecule has 2 rings (SSSR count). The number of benzene rings is 2. The highest BCUT2D eigenvalue weighted by Crippen LogP contribution is 2.26. The summed E-state index contributed by atoms with van der Waals surface area (Å²) in [6, 6.07) is 13.0. The Morgan fingerprint density at radius 3 is 2.19 bits per heavy atom. The average Bonchev–Trinajstić information content (AvgIpc) is 2.58. The van der Waals surface area contributed by atoms with Crippen LogP contribution in [-0.4, -0.2) is 27.3 Å². The maximum absolute atomic E-state index is 13.0. The Morgan fingerprint density at radius 1 is 1.04 bits per heavy atom. The Balaban J connectivity index is 2.43. The van der Waals surface area contributed by atoms with E-state index in [1.165, 1.54) is 6.07 Å². The lowest BCUT2D eigenvalue weighted by Gasteiger charge is -2.35. The van der Waals surface area contributed by atoms with Crippen molar-refractivity contribution in [1.82, 2.24) is 10.4 Å². The second-order valence-corrected chi connectivity index (χ2v) is 6.85. The van der Waals surface area contributed by atoms with Crippen molar-refractivity contribution >= 4 is 17.5 Å². The first-order valence-electron chi connectivity index (χ1n) is 8.07. The number of nitrogens with one attached hydrogen (secondary N) is 1. The number of aryl methyl sites for hydroxylation is 1. The van der Waals surface area contributed by atoms with Crippen molar-refractivity contribution in [1.29, 1.82) is 0 Å². The second-order valence-electron chi connectivity index (χ2n) is 6.85. The number of carbonyl (C=O) groups excluding carboxylic acids is 2. The van der Waals surface area contributed by atoms with Gasteiger partial charge in [-0.15, -0.1) is 0 Å². The molecule has 2 aromatic carbocycles. The van der Waals surface area contributed by atoms with E-state index in [0.29, 0.717) is 11.1 Å². The predicted octanol–water partition coefficient (Wildman–Crippen LogP) is 3.49. The number of carbonyl (C=O) groups is 2. The standard InChI is InChI=1S/C19H21N3O4/c1-13-9-8-12-15(16(13)22(25)26)18(24)21(19(2,3)4)20-17(23)14-10-6-5-7-11-14/h5-12H,1-4H3,(H,20,23). The molecule has 0 aliphatic carbocycles. The molecule has 0 spiro atoms. The highest BCUT2D eigenvalue weighted by Gasteiger charge is 2.33. The van der Waals surface area contributed by atoms with Crippen LogP contribution >= 0.6 is 0 Å². The number of hydrogen-bond donors (Lipinski definition) is 1. The molecule has 0 bridgehead atoms. The molecular weight excluding hydrogens is 334 g/mol. The van der Waals surface area contributed by atoms with Gasteiger partial charge in [-0.3, -0.25) is 25.1 Å². The molecule has 0 saturated heterocycles. The molecule has 0 atom stereocenters. The van der Waals surface area contributed by atoms with Gasteiger partial charge in [0.05, 0.1) is 10.5 Å². The molecule has 0 radical (unpaired) electrons. The smallest absolute Gasteiger partial charge is 0.267 e. The quantitative estimate of drug-likeness (QED) is 0.674. The SMILES string of the molecule is Cc1cccc(C(=O)N(NC(=O)c2ccccc2)C(C)(C)C)c1[N+](=O)[O-]. The van der Waals surface area contributed by atoms with Crippen LogP contribution in [0, 0.1) is 17.0 Å². The van der Waals surface area contributed by atoms with Gasteiger partial charge in [0.1, 0.15) is 5.56 Å². The van der Waals surface area contributed by atoms with Crippen LogP contribution in [0.15, 0.2) is 48.5 Å². The van der Waals surface area contributed by atoms with Crippen LogP contribution in [0.3, 0.4) is 0 Å². The van der Waals surface area contributed by atoms with Crippen molar-refractivity contribution in [2.75, 3.05) is 0 Å². The van der Waals surface area contributed by atoms with E-state index in [-0.39, 0.29) is 11.3 Å². The van der Waals surface area contributed by atoms with Crippen molar-refractivity contribution in [2.24, 2.45) is 0 Å². The Kier molecular flexibility index (Phi) is 5.40. The van der Waals surface area contributed by atoms with E-state index < -0.39 is 22.3 Å². The van der Waals surface area contributed by atoms with E-state index in [9.17, 15) is 19.7 Å². The third-order valence-corrected chi connectivity index (χ3v) is 3.77. The fourth-order valence-electron chi connectivity index (χ4n) is 2.47.